The fraction of sp³-hybridized carbons (Fsp3) is 0.727. The second-order valence-corrected chi connectivity index (χ2v) is 4.58. The molecule has 1 aliphatic rings. The summed E-state index contributed by atoms with van der Waals surface area (Å²) in [6.07, 6.45) is 6.62. The highest BCUT2D eigenvalue weighted by atomic mass is 16.5. The molecule has 1 amide bonds. The van der Waals surface area contributed by atoms with Crippen molar-refractivity contribution in [1.82, 2.24) is 15.4 Å². The minimum atomic E-state index is -0.397. The Balaban J connectivity index is 2.06. The number of anilines is 1. The number of hydrogen-bond donors (Lipinski definition) is 2. The van der Waals surface area contributed by atoms with Crippen molar-refractivity contribution >= 4 is 11.7 Å². The number of nitrogens with zero attached hydrogens (tertiary/aromatic N) is 2. The van der Waals surface area contributed by atoms with E-state index in [0.29, 0.717) is 12.4 Å². The van der Waals surface area contributed by atoms with Crippen LogP contribution in [0.15, 0.2) is 6.20 Å². The maximum Gasteiger partial charge on any atom is 0.234 e. The van der Waals surface area contributed by atoms with Gasteiger partial charge in [-0.25, -0.2) is 0 Å². The maximum atomic E-state index is 12.3. The molecule has 6 heteroatoms. The predicted octanol–water partition coefficient (Wildman–Crippen LogP) is 1.34. The van der Waals surface area contributed by atoms with E-state index in [4.69, 9.17) is 4.74 Å². The van der Waals surface area contributed by atoms with Crippen LogP contribution in [0.1, 0.15) is 32.1 Å². The first-order valence-electron chi connectivity index (χ1n) is 5.93. The van der Waals surface area contributed by atoms with Crippen molar-refractivity contribution in [3.63, 3.8) is 0 Å². The van der Waals surface area contributed by atoms with Crippen LogP contribution < -0.4 is 5.32 Å². The standard InChI is InChI=1S/C11H18N4O2/c1-17-8-11(5-3-2-4-6-11)10(16)13-9-7-12-15-14-9/h7H,2-6,8H2,1H3,(H2,12,13,14,15,16). The molecule has 0 atom stereocenters. The van der Waals surface area contributed by atoms with E-state index >= 15 is 0 Å². The van der Waals surface area contributed by atoms with Crippen molar-refractivity contribution < 1.29 is 9.53 Å². The van der Waals surface area contributed by atoms with Crippen LogP contribution >= 0.6 is 0 Å². The van der Waals surface area contributed by atoms with Gasteiger partial charge < -0.3 is 10.1 Å². The van der Waals surface area contributed by atoms with Gasteiger partial charge in [0.2, 0.25) is 5.91 Å². The van der Waals surface area contributed by atoms with Gasteiger partial charge in [0.05, 0.1) is 18.2 Å². The Bertz CT molecular complexity index is 352. The van der Waals surface area contributed by atoms with Gasteiger partial charge >= 0.3 is 0 Å². The predicted molar refractivity (Wildman–Crippen MR) is 62.4 cm³/mol. The fourth-order valence-corrected chi connectivity index (χ4v) is 2.45. The quantitative estimate of drug-likeness (QED) is 0.829. The van der Waals surface area contributed by atoms with E-state index in [0.717, 1.165) is 25.7 Å². The van der Waals surface area contributed by atoms with Crippen molar-refractivity contribution in [3.8, 4) is 0 Å². The number of aromatic nitrogens is 3. The van der Waals surface area contributed by atoms with Crippen LogP contribution in [0.25, 0.3) is 0 Å². The SMILES string of the molecule is COCC1(C(=O)Nc2cn[nH]n2)CCCCC1. The van der Waals surface area contributed by atoms with E-state index in [1.807, 2.05) is 0 Å². The largest absolute Gasteiger partial charge is 0.384 e. The highest BCUT2D eigenvalue weighted by Gasteiger charge is 2.39. The number of hydrogen-bond acceptors (Lipinski definition) is 4. The minimum Gasteiger partial charge on any atom is -0.384 e. The van der Waals surface area contributed by atoms with Crippen LogP contribution in [-0.2, 0) is 9.53 Å². The van der Waals surface area contributed by atoms with Crippen molar-refractivity contribution in [3.05, 3.63) is 6.20 Å². The smallest absolute Gasteiger partial charge is 0.234 e. The molecule has 1 heterocycles. The molecule has 0 aromatic carbocycles. The molecule has 1 aromatic heterocycles. The Kier molecular flexibility index (Phi) is 3.73. The second-order valence-electron chi connectivity index (χ2n) is 4.58. The fourth-order valence-electron chi connectivity index (χ4n) is 2.45. The topological polar surface area (TPSA) is 79.9 Å². The number of rotatable bonds is 4. The lowest BCUT2D eigenvalue weighted by molar-refractivity contribution is -0.131. The van der Waals surface area contributed by atoms with Crippen LogP contribution in [0, 0.1) is 5.41 Å². The number of methoxy groups -OCH3 is 1. The Hall–Kier alpha value is -1.43. The summed E-state index contributed by atoms with van der Waals surface area (Å²) in [4.78, 5) is 12.3. The van der Waals surface area contributed by atoms with E-state index < -0.39 is 5.41 Å². The third kappa shape index (κ3) is 2.63. The van der Waals surface area contributed by atoms with Gasteiger partial charge in [-0.3, -0.25) is 4.79 Å². The van der Waals surface area contributed by atoms with E-state index in [9.17, 15) is 4.79 Å². The van der Waals surface area contributed by atoms with Gasteiger partial charge in [-0.05, 0) is 12.8 Å². The zero-order valence-corrected chi connectivity index (χ0v) is 10.0. The Labute approximate surface area is 100 Å². The monoisotopic (exact) mass is 238 g/mol. The molecule has 0 saturated heterocycles. The number of carbonyl (C=O) groups is 1. The zero-order chi connectivity index (χ0) is 12.1. The summed E-state index contributed by atoms with van der Waals surface area (Å²) >= 11 is 0. The zero-order valence-electron chi connectivity index (χ0n) is 10.0. The summed E-state index contributed by atoms with van der Waals surface area (Å²) in [5.41, 5.74) is -0.397. The van der Waals surface area contributed by atoms with E-state index in [2.05, 4.69) is 20.7 Å². The Morgan fingerprint density at radius 1 is 1.53 bits per heavy atom. The molecule has 0 unspecified atom stereocenters. The second kappa shape index (κ2) is 5.27. The highest BCUT2D eigenvalue weighted by molar-refractivity contribution is 5.94. The minimum absolute atomic E-state index is 0.00653. The van der Waals surface area contributed by atoms with Gasteiger partial charge in [0.15, 0.2) is 5.82 Å². The number of nitrogens with one attached hydrogen (secondary N) is 2. The molecule has 1 aromatic rings. The number of carbonyl (C=O) groups excluding carboxylic acids is 1. The normalized spacial score (nSPS) is 18.9. The van der Waals surface area contributed by atoms with Crippen LogP contribution in [0.2, 0.25) is 0 Å². The third-order valence-corrected chi connectivity index (χ3v) is 3.37. The first-order valence-corrected chi connectivity index (χ1v) is 5.93. The number of amides is 1. The average Bonchev–Trinajstić information content (AvgIpc) is 2.83. The number of aromatic amines is 1. The van der Waals surface area contributed by atoms with Crippen molar-refractivity contribution in [2.45, 2.75) is 32.1 Å². The van der Waals surface area contributed by atoms with Crippen LogP contribution in [0.5, 0.6) is 0 Å². The van der Waals surface area contributed by atoms with Crippen LogP contribution in [-0.4, -0.2) is 35.0 Å². The molecule has 6 nitrogen and oxygen atoms in total. The van der Waals surface area contributed by atoms with Gasteiger partial charge in [0.1, 0.15) is 0 Å². The molecular formula is C11H18N4O2. The highest BCUT2D eigenvalue weighted by Crippen LogP contribution is 2.37. The first-order chi connectivity index (χ1) is 8.27. The third-order valence-electron chi connectivity index (χ3n) is 3.37. The average molecular weight is 238 g/mol. The van der Waals surface area contributed by atoms with Crippen molar-refractivity contribution in [2.75, 3.05) is 19.0 Å². The molecule has 2 rings (SSSR count). The molecule has 17 heavy (non-hydrogen) atoms. The summed E-state index contributed by atoms with van der Waals surface area (Å²) in [6.45, 7) is 0.469. The number of ether oxygens (including phenoxy) is 1. The first kappa shape index (κ1) is 12.0. The summed E-state index contributed by atoms with van der Waals surface area (Å²) in [5.74, 6) is 0.462. The lowest BCUT2D eigenvalue weighted by atomic mass is 9.74. The molecule has 1 saturated carbocycles. The van der Waals surface area contributed by atoms with Gasteiger partial charge in [-0.1, -0.05) is 19.3 Å². The molecule has 94 valence electrons. The van der Waals surface area contributed by atoms with E-state index in [-0.39, 0.29) is 5.91 Å². The molecule has 0 bridgehead atoms. The molecule has 0 spiro atoms. The maximum absolute atomic E-state index is 12.3. The molecular weight excluding hydrogens is 220 g/mol. The van der Waals surface area contributed by atoms with E-state index in [1.54, 1.807) is 7.11 Å². The van der Waals surface area contributed by atoms with Crippen molar-refractivity contribution in [1.29, 1.82) is 0 Å². The van der Waals surface area contributed by atoms with Gasteiger partial charge in [0, 0.05) is 7.11 Å². The van der Waals surface area contributed by atoms with Gasteiger partial charge in [-0.2, -0.15) is 10.3 Å². The number of H-pyrrole nitrogens is 1. The summed E-state index contributed by atoms with van der Waals surface area (Å²) in [7, 11) is 1.64. The molecule has 1 fully saturated rings. The lowest BCUT2D eigenvalue weighted by Gasteiger charge is -2.34. The lowest BCUT2D eigenvalue weighted by Crippen LogP contribution is -2.41. The van der Waals surface area contributed by atoms with Crippen molar-refractivity contribution in [2.24, 2.45) is 5.41 Å². The van der Waals surface area contributed by atoms with Gasteiger partial charge in [-0.15, -0.1) is 5.10 Å². The molecule has 0 radical (unpaired) electrons. The Morgan fingerprint density at radius 2 is 2.29 bits per heavy atom. The van der Waals surface area contributed by atoms with Crippen LogP contribution in [0.4, 0.5) is 5.82 Å². The molecule has 1 aliphatic carbocycles. The summed E-state index contributed by atoms with van der Waals surface area (Å²) in [5, 5.41) is 12.8. The summed E-state index contributed by atoms with van der Waals surface area (Å²) < 4.78 is 5.22. The van der Waals surface area contributed by atoms with E-state index in [1.165, 1.54) is 12.6 Å². The van der Waals surface area contributed by atoms with Gasteiger partial charge in [0.25, 0.3) is 0 Å². The van der Waals surface area contributed by atoms with Crippen LogP contribution in [0.3, 0.4) is 0 Å². The summed E-state index contributed by atoms with van der Waals surface area (Å²) in [6, 6.07) is 0. The molecule has 2 N–H and O–H groups in total. The Morgan fingerprint density at radius 3 is 2.88 bits per heavy atom. The molecule has 0 aliphatic heterocycles.